The first kappa shape index (κ1) is 15.0. The Morgan fingerprint density at radius 3 is 2.56 bits per heavy atom. The lowest BCUT2D eigenvalue weighted by Gasteiger charge is -2.16. The maximum atomic E-state index is 9.76. The lowest BCUT2D eigenvalue weighted by Crippen LogP contribution is -2.33. The second-order valence-electron chi connectivity index (χ2n) is 4.38. The molecule has 4 nitrogen and oxygen atoms in total. The monoisotopic (exact) mass is 253 g/mol. The van der Waals surface area contributed by atoms with E-state index in [1.54, 1.807) is 7.11 Å². The smallest absolute Gasteiger partial charge is 0.125 e. The van der Waals surface area contributed by atoms with Crippen molar-refractivity contribution in [1.82, 2.24) is 5.32 Å². The second kappa shape index (κ2) is 8.08. The summed E-state index contributed by atoms with van der Waals surface area (Å²) in [5.74, 6) is 0.869. The van der Waals surface area contributed by atoms with Crippen LogP contribution in [0.25, 0.3) is 0 Å². The maximum Gasteiger partial charge on any atom is 0.125 e. The van der Waals surface area contributed by atoms with Crippen molar-refractivity contribution in [2.75, 3.05) is 33.4 Å². The number of aryl methyl sites for hydroxylation is 2. The van der Waals surface area contributed by atoms with E-state index in [0.717, 1.165) is 23.4 Å². The Bertz CT molecular complexity index is 335. The van der Waals surface area contributed by atoms with Gasteiger partial charge in [-0.1, -0.05) is 18.2 Å². The van der Waals surface area contributed by atoms with Gasteiger partial charge in [0, 0.05) is 20.2 Å². The summed E-state index contributed by atoms with van der Waals surface area (Å²) in [6.07, 6.45) is -0.513. The number of aliphatic hydroxyl groups is 1. The molecule has 1 unspecified atom stereocenters. The van der Waals surface area contributed by atoms with Crippen molar-refractivity contribution < 1.29 is 14.6 Å². The van der Waals surface area contributed by atoms with E-state index in [1.807, 2.05) is 32.0 Å². The van der Waals surface area contributed by atoms with Crippen LogP contribution < -0.4 is 10.1 Å². The van der Waals surface area contributed by atoms with Crippen LogP contribution in [0.1, 0.15) is 11.1 Å². The largest absolute Gasteiger partial charge is 0.490 e. The highest BCUT2D eigenvalue weighted by Crippen LogP contribution is 2.22. The highest BCUT2D eigenvalue weighted by molar-refractivity contribution is 5.39. The third-order valence-corrected chi connectivity index (χ3v) is 2.69. The summed E-state index contributed by atoms with van der Waals surface area (Å²) in [6.45, 7) is 6.19. The number of hydrogen-bond donors (Lipinski definition) is 2. The minimum atomic E-state index is -0.513. The van der Waals surface area contributed by atoms with Gasteiger partial charge in [-0.25, -0.2) is 0 Å². The van der Waals surface area contributed by atoms with E-state index >= 15 is 0 Å². The number of methoxy groups -OCH3 is 1. The second-order valence-corrected chi connectivity index (χ2v) is 4.38. The van der Waals surface area contributed by atoms with Gasteiger partial charge in [0.25, 0.3) is 0 Å². The number of aliphatic hydroxyl groups excluding tert-OH is 1. The SMILES string of the molecule is COCCNCC(O)COc1c(C)cccc1C. The van der Waals surface area contributed by atoms with Crippen molar-refractivity contribution in [3.8, 4) is 5.75 Å². The topological polar surface area (TPSA) is 50.7 Å². The fraction of sp³-hybridized carbons (Fsp3) is 0.571. The molecular weight excluding hydrogens is 230 g/mol. The molecule has 102 valence electrons. The maximum absolute atomic E-state index is 9.76. The predicted octanol–water partition coefficient (Wildman–Crippen LogP) is 1.28. The zero-order chi connectivity index (χ0) is 13.4. The van der Waals surface area contributed by atoms with Gasteiger partial charge in [0.15, 0.2) is 0 Å². The third kappa shape index (κ3) is 5.04. The van der Waals surface area contributed by atoms with Crippen LogP contribution in [0.15, 0.2) is 18.2 Å². The Labute approximate surface area is 109 Å². The van der Waals surface area contributed by atoms with Gasteiger partial charge >= 0.3 is 0 Å². The van der Waals surface area contributed by atoms with E-state index in [1.165, 1.54) is 0 Å². The van der Waals surface area contributed by atoms with Gasteiger partial charge in [-0.3, -0.25) is 0 Å². The first-order valence-corrected chi connectivity index (χ1v) is 6.22. The number of hydrogen-bond acceptors (Lipinski definition) is 4. The van der Waals surface area contributed by atoms with Gasteiger partial charge in [0.1, 0.15) is 18.5 Å². The summed E-state index contributed by atoms with van der Waals surface area (Å²) in [5, 5.41) is 12.9. The molecule has 0 saturated carbocycles. The van der Waals surface area contributed by atoms with E-state index in [9.17, 15) is 5.11 Å². The standard InChI is InChI=1S/C14H23NO3/c1-11-5-4-6-12(2)14(11)18-10-13(16)9-15-7-8-17-3/h4-6,13,15-16H,7-10H2,1-3H3. The zero-order valence-corrected chi connectivity index (χ0v) is 11.4. The third-order valence-electron chi connectivity index (χ3n) is 2.69. The summed E-state index contributed by atoms with van der Waals surface area (Å²) in [7, 11) is 1.65. The molecule has 0 aromatic heterocycles. The number of para-hydroxylation sites is 1. The van der Waals surface area contributed by atoms with Crippen LogP contribution in [-0.4, -0.2) is 44.6 Å². The molecule has 18 heavy (non-hydrogen) atoms. The van der Waals surface area contributed by atoms with Crippen molar-refractivity contribution in [3.05, 3.63) is 29.3 Å². The Hall–Kier alpha value is -1.10. The molecule has 0 aliphatic carbocycles. The summed E-state index contributed by atoms with van der Waals surface area (Å²) >= 11 is 0. The first-order chi connectivity index (χ1) is 8.65. The Kier molecular flexibility index (Phi) is 6.72. The summed E-state index contributed by atoms with van der Waals surface area (Å²) in [5.41, 5.74) is 2.18. The average molecular weight is 253 g/mol. The molecule has 0 heterocycles. The van der Waals surface area contributed by atoms with Crippen LogP contribution in [0.5, 0.6) is 5.75 Å². The molecule has 1 atom stereocenters. The molecule has 0 spiro atoms. The van der Waals surface area contributed by atoms with Crippen LogP contribution in [-0.2, 0) is 4.74 Å². The van der Waals surface area contributed by atoms with Gasteiger partial charge in [-0.05, 0) is 25.0 Å². The highest BCUT2D eigenvalue weighted by atomic mass is 16.5. The van der Waals surface area contributed by atoms with E-state index in [4.69, 9.17) is 9.47 Å². The van der Waals surface area contributed by atoms with Gasteiger partial charge in [-0.2, -0.15) is 0 Å². The normalized spacial score (nSPS) is 12.4. The molecule has 0 aliphatic heterocycles. The molecule has 0 bridgehead atoms. The highest BCUT2D eigenvalue weighted by Gasteiger charge is 2.07. The minimum absolute atomic E-state index is 0.297. The molecule has 0 saturated heterocycles. The predicted molar refractivity (Wildman–Crippen MR) is 72.2 cm³/mol. The fourth-order valence-corrected chi connectivity index (χ4v) is 1.71. The average Bonchev–Trinajstić information content (AvgIpc) is 2.34. The number of rotatable bonds is 8. The summed E-state index contributed by atoms with van der Waals surface area (Å²) in [4.78, 5) is 0. The van der Waals surface area contributed by atoms with E-state index in [-0.39, 0.29) is 0 Å². The first-order valence-electron chi connectivity index (χ1n) is 6.22. The van der Waals surface area contributed by atoms with Crippen LogP contribution in [0, 0.1) is 13.8 Å². The van der Waals surface area contributed by atoms with Crippen molar-refractivity contribution in [1.29, 1.82) is 0 Å². The number of nitrogens with one attached hydrogen (secondary N) is 1. The van der Waals surface area contributed by atoms with Crippen molar-refractivity contribution in [2.45, 2.75) is 20.0 Å². The van der Waals surface area contributed by atoms with E-state index in [2.05, 4.69) is 5.32 Å². The summed E-state index contributed by atoms with van der Waals surface area (Å²) < 4.78 is 10.6. The molecule has 0 amide bonds. The molecule has 1 aromatic carbocycles. The van der Waals surface area contributed by atoms with Crippen LogP contribution in [0.3, 0.4) is 0 Å². The van der Waals surface area contributed by atoms with E-state index in [0.29, 0.717) is 19.8 Å². The molecule has 1 aromatic rings. The van der Waals surface area contributed by atoms with Crippen LogP contribution >= 0.6 is 0 Å². The lowest BCUT2D eigenvalue weighted by atomic mass is 10.1. The molecule has 0 fully saturated rings. The number of ether oxygens (including phenoxy) is 2. The Morgan fingerprint density at radius 2 is 1.94 bits per heavy atom. The Morgan fingerprint density at radius 1 is 1.28 bits per heavy atom. The van der Waals surface area contributed by atoms with Crippen molar-refractivity contribution in [3.63, 3.8) is 0 Å². The van der Waals surface area contributed by atoms with Gasteiger partial charge < -0.3 is 19.9 Å². The van der Waals surface area contributed by atoms with Crippen molar-refractivity contribution in [2.24, 2.45) is 0 Å². The molecular formula is C14H23NO3. The summed E-state index contributed by atoms with van der Waals surface area (Å²) in [6, 6.07) is 6.01. The van der Waals surface area contributed by atoms with Crippen molar-refractivity contribution >= 4 is 0 Å². The van der Waals surface area contributed by atoms with E-state index < -0.39 is 6.10 Å². The van der Waals surface area contributed by atoms with Gasteiger partial charge in [0.05, 0.1) is 6.61 Å². The zero-order valence-electron chi connectivity index (χ0n) is 11.4. The minimum Gasteiger partial charge on any atom is -0.490 e. The number of benzene rings is 1. The quantitative estimate of drug-likeness (QED) is 0.685. The molecule has 2 N–H and O–H groups in total. The molecule has 4 heteroatoms. The Balaban J connectivity index is 2.31. The van der Waals surface area contributed by atoms with Crippen LogP contribution in [0.2, 0.25) is 0 Å². The lowest BCUT2D eigenvalue weighted by molar-refractivity contribution is 0.103. The fourth-order valence-electron chi connectivity index (χ4n) is 1.71. The molecule has 0 aliphatic rings. The molecule has 1 rings (SSSR count). The molecule has 0 radical (unpaired) electrons. The van der Waals surface area contributed by atoms with Gasteiger partial charge in [0.2, 0.25) is 0 Å². The van der Waals surface area contributed by atoms with Crippen LogP contribution in [0.4, 0.5) is 0 Å². The van der Waals surface area contributed by atoms with Gasteiger partial charge in [-0.15, -0.1) is 0 Å².